The molecular weight excluding hydrogens is 539 g/mol. The highest BCUT2D eigenvalue weighted by Gasteiger charge is 2.24. The Hall–Kier alpha value is -5.33. The Morgan fingerprint density at radius 1 is 1.24 bits per heavy atom. The molecule has 1 amide bonds. The Balaban J connectivity index is 1.42. The number of hydrogen-bond donors (Lipinski definition) is 3. The zero-order chi connectivity index (χ0) is 29.8. The maximum Gasteiger partial charge on any atom is 0.269 e. The van der Waals surface area contributed by atoms with Crippen molar-refractivity contribution in [1.82, 2.24) is 19.9 Å². The summed E-state index contributed by atoms with van der Waals surface area (Å²) >= 11 is 0. The molecule has 0 spiro atoms. The van der Waals surface area contributed by atoms with Gasteiger partial charge in [-0.05, 0) is 49.6 Å². The molecule has 214 valence electrons. The summed E-state index contributed by atoms with van der Waals surface area (Å²) in [5.41, 5.74) is 10.5. The van der Waals surface area contributed by atoms with Crippen molar-refractivity contribution >= 4 is 51.5 Å². The quantitative estimate of drug-likeness (QED) is 0.169. The lowest BCUT2D eigenvalue weighted by Crippen LogP contribution is -2.41. The van der Waals surface area contributed by atoms with E-state index >= 15 is 4.39 Å². The average Bonchev–Trinajstić information content (AvgIpc) is 3.00. The molecular formula is C29H29FN10O2. The first kappa shape index (κ1) is 28.2. The highest BCUT2D eigenvalue weighted by atomic mass is 19.1. The van der Waals surface area contributed by atoms with E-state index in [2.05, 4.69) is 49.2 Å². The molecule has 1 fully saturated rings. The van der Waals surface area contributed by atoms with E-state index in [9.17, 15) is 4.79 Å². The van der Waals surface area contributed by atoms with Crippen LogP contribution in [0.15, 0.2) is 65.6 Å². The molecule has 3 heterocycles. The fraction of sp³-hybridized carbons (Fsp3) is 0.241. The molecule has 2 aromatic heterocycles. The number of aromatic nitrogens is 4. The number of nitrogens with one attached hydrogen (secondary N) is 3. The molecule has 1 unspecified atom stereocenters. The number of carbonyl (C=O) groups is 1. The van der Waals surface area contributed by atoms with Crippen molar-refractivity contribution in [2.45, 2.75) is 20.3 Å². The number of carbonyl (C=O) groups excluding carboxylic acids is 1. The van der Waals surface area contributed by atoms with Crippen LogP contribution in [0.1, 0.15) is 18.9 Å². The minimum absolute atomic E-state index is 0.177. The molecule has 1 saturated heterocycles. The van der Waals surface area contributed by atoms with Gasteiger partial charge in [0.1, 0.15) is 34.5 Å². The normalized spacial score (nSPS) is 15.9. The zero-order valence-corrected chi connectivity index (χ0v) is 23.3. The van der Waals surface area contributed by atoms with E-state index < -0.39 is 5.82 Å². The topological polar surface area (TPSA) is 154 Å². The molecule has 0 saturated carbocycles. The zero-order valence-electron chi connectivity index (χ0n) is 23.3. The van der Waals surface area contributed by atoms with Crippen LogP contribution in [0.3, 0.4) is 0 Å². The second-order valence-electron chi connectivity index (χ2n) is 9.85. The third-order valence-electron chi connectivity index (χ3n) is 6.76. The fourth-order valence-corrected chi connectivity index (χ4v) is 4.72. The Labute approximate surface area is 241 Å². The van der Waals surface area contributed by atoms with Crippen molar-refractivity contribution in [1.29, 1.82) is 5.53 Å². The predicted octanol–water partition coefficient (Wildman–Crippen LogP) is 6.11. The van der Waals surface area contributed by atoms with Crippen LogP contribution in [-0.2, 0) is 4.79 Å². The van der Waals surface area contributed by atoms with Crippen LogP contribution in [0, 0.1) is 24.2 Å². The number of rotatable bonds is 8. The minimum Gasteiger partial charge on any atom is -0.457 e. The number of aliphatic imine (C=N–C) groups is 1. The van der Waals surface area contributed by atoms with Crippen LogP contribution in [-0.4, -0.2) is 51.7 Å². The monoisotopic (exact) mass is 568 g/mol. The first-order chi connectivity index (χ1) is 20.3. The number of ether oxygens (including phenoxy) is 1. The van der Waals surface area contributed by atoms with E-state index in [-0.39, 0.29) is 23.1 Å². The third-order valence-corrected chi connectivity index (χ3v) is 6.76. The summed E-state index contributed by atoms with van der Waals surface area (Å²) < 4.78 is 21.5. The SMILES string of the molecule is C=CC(=O)N=C1CC(C)CN(c2ncc3ncnc(Nc4ccc(Oc5ccc(NC)c(N=N)c5)c(C)c4F)c3n2)C1. The van der Waals surface area contributed by atoms with Crippen LogP contribution in [0.25, 0.3) is 11.0 Å². The summed E-state index contributed by atoms with van der Waals surface area (Å²) in [6.07, 6.45) is 4.82. The van der Waals surface area contributed by atoms with Crippen molar-refractivity contribution in [2.75, 3.05) is 35.7 Å². The van der Waals surface area contributed by atoms with Gasteiger partial charge in [-0.3, -0.25) is 4.79 Å². The van der Waals surface area contributed by atoms with Crippen molar-refractivity contribution in [3.8, 4) is 11.5 Å². The number of halogens is 1. The molecule has 1 atom stereocenters. The lowest BCUT2D eigenvalue weighted by Gasteiger charge is -2.31. The summed E-state index contributed by atoms with van der Waals surface area (Å²) in [7, 11) is 1.73. The second-order valence-corrected chi connectivity index (χ2v) is 9.85. The first-order valence-electron chi connectivity index (χ1n) is 13.2. The van der Waals surface area contributed by atoms with Gasteiger partial charge in [0, 0.05) is 30.9 Å². The van der Waals surface area contributed by atoms with Gasteiger partial charge in [0.15, 0.2) is 11.6 Å². The largest absolute Gasteiger partial charge is 0.457 e. The minimum atomic E-state index is -0.525. The van der Waals surface area contributed by atoms with Gasteiger partial charge in [-0.15, -0.1) is 0 Å². The Bertz CT molecular complexity index is 1720. The van der Waals surface area contributed by atoms with Gasteiger partial charge in [-0.1, -0.05) is 13.5 Å². The van der Waals surface area contributed by atoms with Gasteiger partial charge < -0.3 is 20.3 Å². The van der Waals surface area contributed by atoms with E-state index in [1.54, 1.807) is 50.5 Å². The number of hydrogen-bond acceptors (Lipinski definition) is 11. The molecule has 0 bridgehead atoms. The molecule has 13 heteroatoms. The molecule has 1 aliphatic rings. The standard InChI is InChI=1S/C29H29FN10O2/c1-5-25(41)36-18-10-16(2)13-40(14-18)29-33-12-23-27(38-29)28(35-15-34-23)37-21-8-9-24(17(3)26(21)30)42-19-6-7-20(32-4)22(11-19)39-31/h5-9,11-12,15-16,31-32H,1,10,13-14H2,2-4H3,(H,34,35,37). The van der Waals surface area contributed by atoms with Crippen molar-refractivity contribution in [3.63, 3.8) is 0 Å². The lowest BCUT2D eigenvalue weighted by molar-refractivity contribution is -0.113. The van der Waals surface area contributed by atoms with Gasteiger partial charge in [-0.25, -0.2) is 34.8 Å². The summed E-state index contributed by atoms with van der Waals surface area (Å²) in [6.45, 7) is 8.24. The van der Waals surface area contributed by atoms with Gasteiger partial charge >= 0.3 is 0 Å². The van der Waals surface area contributed by atoms with E-state index in [4.69, 9.17) is 15.3 Å². The van der Waals surface area contributed by atoms with Gasteiger partial charge in [0.25, 0.3) is 5.91 Å². The van der Waals surface area contributed by atoms with E-state index in [1.165, 1.54) is 12.4 Å². The van der Waals surface area contributed by atoms with Crippen molar-refractivity contribution in [2.24, 2.45) is 16.0 Å². The Kier molecular flexibility index (Phi) is 8.09. The average molecular weight is 569 g/mol. The van der Waals surface area contributed by atoms with Crippen LogP contribution in [0.4, 0.5) is 33.2 Å². The Morgan fingerprint density at radius 2 is 2.05 bits per heavy atom. The third kappa shape index (κ3) is 5.89. The summed E-state index contributed by atoms with van der Waals surface area (Å²) in [4.78, 5) is 35.7. The van der Waals surface area contributed by atoms with Crippen molar-refractivity contribution in [3.05, 3.63) is 66.9 Å². The fourth-order valence-electron chi connectivity index (χ4n) is 4.72. The van der Waals surface area contributed by atoms with Crippen LogP contribution >= 0.6 is 0 Å². The molecule has 12 nitrogen and oxygen atoms in total. The number of amides is 1. The second kappa shape index (κ2) is 12.0. The number of anilines is 4. The number of nitrogens with zero attached hydrogens (tertiary/aromatic N) is 7. The molecule has 3 N–H and O–H groups in total. The van der Waals surface area contributed by atoms with E-state index in [0.717, 1.165) is 5.71 Å². The highest BCUT2D eigenvalue weighted by Crippen LogP contribution is 2.35. The van der Waals surface area contributed by atoms with Crippen LogP contribution in [0.5, 0.6) is 11.5 Å². The van der Waals surface area contributed by atoms with Gasteiger partial charge in [0.05, 0.1) is 24.1 Å². The predicted molar refractivity (Wildman–Crippen MR) is 159 cm³/mol. The lowest BCUT2D eigenvalue weighted by atomic mass is 9.99. The molecule has 1 aliphatic heterocycles. The smallest absolute Gasteiger partial charge is 0.269 e. The van der Waals surface area contributed by atoms with Crippen LogP contribution in [0.2, 0.25) is 0 Å². The van der Waals surface area contributed by atoms with Gasteiger partial charge in [-0.2, -0.15) is 5.11 Å². The summed E-state index contributed by atoms with van der Waals surface area (Å²) in [6, 6.07) is 8.25. The maximum atomic E-state index is 15.6. The maximum absolute atomic E-state index is 15.6. The van der Waals surface area contributed by atoms with E-state index in [1.807, 2.05) is 4.90 Å². The molecule has 42 heavy (non-hydrogen) atoms. The summed E-state index contributed by atoms with van der Waals surface area (Å²) in [5.74, 6) is 0.787. The molecule has 5 rings (SSSR count). The molecule has 4 aromatic rings. The highest BCUT2D eigenvalue weighted by molar-refractivity contribution is 6.02. The number of benzene rings is 2. The van der Waals surface area contributed by atoms with E-state index in [0.29, 0.717) is 65.2 Å². The molecule has 0 aliphatic carbocycles. The molecule has 2 aromatic carbocycles. The first-order valence-corrected chi connectivity index (χ1v) is 13.2. The van der Waals surface area contributed by atoms with Crippen LogP contribution < -0.4 is 20.3 Å². The number of piperidine rings is 1. The van der Waals surface area contributed by atoms with Gasteiger partial charge in [0.2, 0.25) is 5.95 Å². The van der Waals surface area contributed by atoms with Crippen molar-refractivity contribution < 1.29 is 13.9 Å². The Morgan fingerprint density at radius 3 is 2.81 bits per heavy atom. The summed E-state index contributed by atoms with van der Waals surface area (Å²) in [5, 5.41) is 9.50. The molecule has 0 radical (unpaired) electrons. The number of fused-ring (bicyclic) bond motifs is 1.